The summed E-state index contributed by atoms with van der Waals surface area (Å²) in [5.74, 6) is 1.35. The molecule has 2 rings (SSSR count). The van der Waals surface area contributed by atoms with Gasteiger partial charge < -0.3 is 9.67 Å². The molecule has 2 aromatic rings. The van der Waals surface area contributed by atoms with Crippen molar-refractivity contribution in [3.63, 3.8) is 0 Å². The van der Waals surface area contributed by atoms with Crippen LogP contribution in [0, 0.1) is 5.82 Å². The molecule has 1 heterocycles. The van der Waals surface area contributed by atoms with Crippen LogP contribution < -0.4 is 0 Å². The number of thioether (sulfide) groups is 1. The van der Waals surface area contributed by atoms with Gasteiger partial charge in [-0.05, 0) is 30.7 Å². The van der Waals surface area contributed by atoms with E-state index >= 15 is 0 Å². The predicted molar refractivity (Wildman–Crippen MR) is 74.7 cm³/mol. The van der Waals surface area contributed by atoms with Gasteiger partial charge in [0.1, 0.15) is 11.6 Å². The van der Waals surface area contributed by atoms with Crippen LogP contribution in [-0.4, -0.2) is 26.5 Å². The molecular formula is C14H17FN2OS. The van der Waals surface area contributed by atoms with Crippen molar-refractivity contribution in [3.05, 3.63) is 48.3 Å². The predicted octanol–water partition coefficient (Wildman–Crippen LogP) is 2.65. The molecule has 0 aliphatic rings. The molecule has 1 unspecified atom stereocenters. The molecule has 102 valence electrons. The maximum Gasteiger partial charge on any atom is 0.123 e. The first-order valence-corrected chi connectivity index (χ1v) is 7.16. The Kier molecular flexibility index (Phi) is 4.99. The normalized spacial score (nSPS) is 12.6. The molecule has 0 saturated carbocycles. The number of nitrogens with zero attached hydrogens (tertiary/aromatic N) is 2. The van der Waals surface area contributed by atoms with Gasteiger partial charge in [-0.2, -0.15) is 0 Å². The number of aromatic nitrogens is 2. The molecule has 1 aromatic carbocycles. The van der Waals surface area contributed by atoms with E-state index in [0.29, 0.717) is 12.2 Å². The summed E-state index contributed by atoms with van der Waals surface area (Å²) in [5, 5.41) is 9.92. The zero-order valence-corrected chi connectivity index (χ0v) is 11.6. The van der Waals surface area contributed by atoms with Crippen LogP contribution in [0.15, 0.2) is 41.6 Å². The summed E-state index contributed by atoms with van der Waals surface area (Å²) in [6, 6.07) is 6.32. The van der Waals surface area contributed by atoms with Crippen LogP contribution in [0.1, 0.15) is 12.2 Å². The van der Waals surface area contributed by atoms with Gasteiger partial charge in [0.25, 0.3) is 0 Å². The molecule has 19 heavy (non-hydrogen) atoms. The lowest BCUT2D eigenvalue weighted by Gasteiger charge is -2.10. The fourth-order valence-corrected chi connectivity index (χ4v) is 2.62. The zero-order valence-electron chi connectivity index (χ0n) is 10.8. The SMILES string of the molecule is Cn1ccnc1CCC(O)CSc1ccc(F)cc1. The first-order chi connectivity index (χ1) is 9.15. The second kappa shape index (κ2) is 6.73. The van der Waals surface area contributed by atoms with Crippen molar-refractivity contribution < 1.29 is 9.50 Å². The Labute approximate surface area is 116 Å². The number of imidazole rings is 1. The number of rotatable bonds is 6. The van der Waals surface area contributed by atoms with Crippen LogP contribution in [0.2, 0.25) is 0 Å². The highest BCUT2D eigenvalue weighted by Gasteiger charge is 2.08. The Morgan fingerprint density at radius 1 is 1.37 bits per heavy atom. The van der Waals surface area contributed by atoms with Gasteiger partial charge in [-0.25, -0.2) is 9.37 Å². The highest BCUT2D eigenvalue weighted by atomic mass is 32.2. The minimum atomic E-state index is -0.383. The van der Waals surface area contributed by atoms with E-state index in [4.69, 9.17) is 0 Å². The average molecular weight is 280 g/mol. The van der Waals surface area contributed by atoms with E-state index in [9.17, 15) is 9.50 Å². The second-order valence-electron chi connectivity index (χ2n) is 4.41. The number of hydrogen-bond donors (Lipinski definition) is 1. The van der Waals surface area contributed by atoms with E-state index in [1.807, 2.05) is 17.8 Å². The van der Waals surface area contributed by atoms with Crippen molar-refractivity contribution in [3.8, 4) is 0 Å². The lowest BCUT2D eigenvalue weighted by Crippen LogP contribution is -2.12. The van der Waals surface area contributed by atoms with Gasteiger partial charge in [0, 0.05) is 36.5 Å². The first-order valence-electron chi connectivity index (χ1n) is 6.18. The standard InChI is InChI=1S/C14H17FN2OS/c1-17-9-8-16-14(17)7-4-12(18)10-19-13-5-2-11(15)3-6-13/h2-3,5-6,8-9,12,18H,4,7,10H2,1H3. The summed E-state index contributed by atoms with van der Waals surface area (Å²) in [5.41, 5.74) is 0. The quantitative estimate of drug-likeness (QED) is 0.827. The molecular weight excluding hydrogens is 263 g/mol. The second-order valence-corrected chi connectivity index (χ2v) is 5.51. The summed E-state index contributed by atoms with van der Waals surface area (Å²) in [6.45, 7) is 0. The van der Waals surface area contributed by atoms with Crippen LogP contribution in [0.5, 0.6) is 0 Å². The third-order valence-electron chi connectivity index (χ3n) is 2.88. The zero-order chi connectivity index (χ0) is 13.7. The number of aliphatic hydroxyl groups is 1. The van der Waals surface area contributed by atoms with E-state index in [-0.39, 0.29) is 11.9 Å². The van der Waals surface area contributed by atoms with Gasteiger partial charge in [0.15, 0.2) is 0 Å². The van der Waals surface area contributed by atoms with E-state index in [1.54, 1.807) is 18.3 Å². The smallest absolute Gasteiger partial charge is 0.123 e. The van der Waals surface area contributed by atoms with Gasteiger partial charge in [0.05, 0.1) is 6.10 Å². The van der Waals surface area contributed by atoms with Crippen LogP contribution in [0.25, 0.3) is 0 Å². The molecule has 1 N–H and O–H groups in total. The molecule has 1 atom stereocenters. The van der Waals surface area contributed by atoms with Gasteiger partial charge in [-0.15, -0.1) is 11.8 Å². The first kappa shape index (κ1) is 14.1. The summed E-state index contributed by atoms with van der Waals surface area (Å²) in [6.07, 6.45) is 4.71. The Morgan fingerprint density at radius 2 is 2.11 bits per heavy atom. The van der Waals surface area contributed by atoms with Gasteiger partial charge in [0.2, 0.25) is 0 Å². The van der Waals surface area contributed by atoms with Gasteiger partial charge in [-0.1, -0.05) is 0 Å². The molecule has 0 fully saturated rings. The molecule has 0 aliphatic carbocycles. The molecule has 0 saturated heterocycles. The third kappa shape index (κ3) is 4.36. The largest absolute Gasteiger partial charge is 0.392 e. The minimum absolute atomic E-state index is 0.236. The monoisotopic (exact) mass is 280 g/mol. The minimum Gasteiger partial charge on any atom is -0.392 e. The molecule has 3 nitrogen and oxygen atoms in total. The van der Waals surface area contributed by atoms with Crippen molar-refractivity contribution in [1.82, 2.24) is 9.55 Å². The average Bonchev–Trinajstić information content (AvgIpc) is 2.81. The van der Waals surface area contributed by atoms with E-state index in [2.05, 4.69) is 4.98 Å². The van der Waals surface area contributed by atoms with E-state index < -0.39 is 0 Å². The summed E-state index contributed by atoms with van der Waals surface area (Å²) < 4.78 is 14.7. The van der Waals surface area contributed by atoms with Crippen LogP contribution in [0.3, 0.4) is 0 Å². The molecule has 0 amide bonds. The highest BCUT2D eigenvalue weighted by Crippen LogP contribution is 2.20. The van der Waals surface area contributed by atoms with Crippen LogP contribution in [-0.2, 0) is 13.5 Å². The van der Waals surface area contributed by atoms with Crippen molar-refractivity contribution in [1.29, 1.82) is 0 Å². The fraction of sp³-hybridized carbons (Fsp3) is 0.357. The van der Waals surface area contributed by atoms with Crippen molar-refractivity contribution in [2.45, 2.75) is 23.8 Å². The van der Waals surface area contributed by atoms with Gasteiger partial charge in [-0.3, -0.25) is 0 Å². The van der Waals surface area contributed by atoms with E-state index in [1.165, 1.54) is 23.9 Å². The van der Waals surface area contributed by atoms with Crippen LogP contribution >= 0.6 is 11.8 Å². The Morgan fingerprint density at radius 3 is 2.74 bits per heavy atom. The maximum absolute atomic E-state index is 12.7. The summed E-state index contributed by atoms with van der Waals surface area (Å²) in [4.78, 5) is 5.19. The lowest BCUT2D eigenvalue weighted by molar-refractivity contribution is 0.188. The Bertz CT molecular complexity index is 512. The number of halogens is 1. The Hall–Kier alpha value is -1.33. The lowest BCUT2D eigenvalue weighted by atomic mass is 10.2. The van der Waals surface area contributed by atoms with Crippen molar-refractivity contribution in [2.24, 2.45) is 7.05 Å². The maximum atomic E-state index is 12.7. The summed E-state index contributed by atoms with van der Waals surface area (Å²) in [7, 11) is 1.95. The Balaban J connectivity index is 1.74. The van der Waals surface area contributed by atoms with E-state index in [0.717, 1.165) is 17.1 Å². The molecule has 0 bridgehead atoms. The number of aliphatic hydroxyl groups excluding tert-OH is 1. The third-order valence-corrected chi connectivity index (χ3v) is 4.04. The number of hydrogen-bond acceptors (Lipinski definition) is 3. The molecule has 1 aromatic heterocycles. The van der Waals surface area contributed by atoms with Crippen LogP contribution in [0.4, 0.5) is 4.39 Å². The topological polar surface area (TPSA) is 38.0 Å². The number of aryl methyl sites for hydroxylation is 2. The number of benzene rings is 1. The summed E-state index contributed by atoms with van der Waals surface area (Å²) >= 11 is 1.53. The van der Waals surface area contributed by atoms with Crippen molar-refractivity contribution >= 4 is 11.8 Å². The fourth-order valence-electron chi connectivity index (χ4n) is 1.74. The molecule has 0 spiro atoms. The molecule has 0 radical (unpaired) electrons. The van der Waals surface area contributed by atoms with Gasteiger partial charge >= 0.3 is 0 Å². The highest BCUT2D eigenvalue weighted by molar-refractivity contribution is 7.99. The molecule has 0 aliphatic heterocycles. The van der Waals surface area contributed by atoms with Crippen molar-refractivity contribution in [2.75, 3.05) is 5.75 Å². The molecule has 5 heteroatoms.